The third-order valence-electron chi connectivity index (χ3n) is 5.35. The van der Waals surface area contributed by atoms with Gasteiger partial charge < -0.3 is 14.3 Å². The molecule has 0 saturated carbocycles. The lowest BCUT2D eigenvalue weighted by molar-refractivity contribution is -0.114. The number of ketones is 1. The van der Waals surface area contributed by atoms with Gasteiger partial charge in [0, 0.05) is 12.3 Å². The number of fused-ring (bicyclic) bond motifs is 1. The summed E-state index contributed by atoms with van der Waals surface area (Å²) in [5, 5.41) is 11.4. The van der Waals surface area contributed by atoms with Gasteiger partial charge in [0.05, 0.1) is 18.1 Å². The Morgan fingerprint density at radius 1 is 1.00 bits per heavy atom. The van der Waals surface area contributed by atoms with Gasteiger partial charge in [0.15, 0.2) is 5.78 Å². The van der Waals surface area contributed by atoms with Gasteiger partial charge in [0.1, 0.15) is 17.1 Å². The number of allylic oxidation sites excluding steroid dienone is 1. The van der Waals surface area contributed by atoms with Crippen molar-refractivity contribution in [3.05, 3.63) is 112 Å². The van der Waals surface area contributed by atoms with Crippen LogP contribution >= 0.6 is 0 Å². The van der Waals surface area contributed by atoms with Crippen molar-refractivity contribution in [2.75, 3.05) is 7.11 Å². The first kappa shape index (κ1) is 21.1. The summed E-state index contributed by atoms with van der Waals surface area (Å²) >= 11 is 0. The van der Waals surface area contributed by atoms with Gasteiger partial charge in [-0.1, -0.05) is 60.7 Å². The molecule has 0 aliphatic rings. The topological polar surface area (TPSA) is 76.7 Å². The summed E-state index contributed by atoms with van der Waals surface area (Å²) in [6.07, 6.45) is 3.22. The third kappa shape index (κ3) is 4.47. The maximum atomic E-state index is 12.9. The van der Waals surface area contributed by atoms with Crippen molar-refractivity contribution in [3.63, 3.8) is 0 Å². The minimum atomic E-state index is -0.685. The molecule has 0 aliphatic heterocycles. The summed E-state index contributed by atoms with van der Waals surface area (Å²) in [7, 11) is 1.56. The highest BCUT2D eigenvalue weighted by molar-refractivity contribution is 5.94. The monoisotopic (exact) mass is 426 g/mol. The summed E-state index contributed by atoms with van der Waals surface area (Å²) in [6, 6.07) is 23.3. The van der Waals surface area contributed by atoms with Crippen LogP contribution in [0.4, 0.5) is 0 Å². The molecular formula is C27H22O5. The zero-order valence-corrected chi connectivity index (χ0v) is 17.5. The highest BCUT2D eigenvalue weighted by atomic mass is 16.5. The summed E-state index contributed by atoms with van der Waals surface area (Å²) < 4.78 is 10.7. The second kappa shape index (κ2) is 9.35. The van der Waals surface area contributed by atoms with Crippen LogP contribution in [-0.2, 0) is 4.79 Å². The average molecular weight is 426 g/mol. The van der Waals surface area contributed by atoms with E-state index in [9.17, 15) is 14.7 Å². The molecule has 0 radical (unpaired) electrons. The molecule has 1 aromatic heterocycles. The number of ether oxygens (including phenoxy) is 1. The highest BCUT2D eigenvalue weighted by Crippen LogP contribution is 2.36. The number of para-hydroxylation sites is 1. The van der Waals surface area contributed by atoms with Gasteiger partial charge in [-0.15, -0.1) is 0 Å². The standard InChI is InChI=1S/C27H22O5/c1-31-21-15-12-19(13-16-21)23(17-20(28)14-11-18-7-3-2-4-8-18)25-26(29)22-9-5-6-10-24(22)32-27(25)30/h2-16,23,29H,17H2,1H3/b14-11+. The van der Waals surface area contributed by atoms with Crippen molar-refractivity contribution in [2.45, 2.75) is 12.3 Å². The molecule has 0 aliphatic carbocycles. The number of methoxy groups -OCH3 is 1. The van der Waals surface area contributed by atoms with Crippen LogP contribution in [0.2, 0.25) is 0 Å². The van der Waals surface area contributed by atoms with E-state index < -0.39 is 11.5 Å². The average Bonchev–Trinajstić information content (AvgIpc) is 2.83. The molecular weight excluding hydrogens is 404 g/mol. The second-order valence-corrected chi connectivity index (χ2v) is 7.39. The zero-order valence-electron chi connectivity index (χ0n) is 17.5. The summed E-state index contributed by atoms with van der Waals surface area (Å²) in [4.78, 5) is 25.7. The largest absolute Gasteiger partial charge is 0.507 e. The Bertz CT molecular complexity index is 1320. The predicted octanol–water partition coefficient (Wildman–Crippen LogP) is 5.31. The van der Waals surface area contributed by atoms with Gasteiger partial charge in [-0.05, 0) is 41.5 Å². The van der Waals surface area contributed by atoms with E-state index in [0.29, 0.717) is 22.3 Å². The first-order chi connectivity index (χ1) is 15.6. The Hall–Kier alpha value is -4.12. The molecule has 0 fully saturated rings. The maximum Gasteiger partial charge on any atom is 0.343 e. The van der Waals surface area contributed by atoms with Gasteiger partial charge in [0.25, 0.3) is 0 Å². The van der Waals surface area contributed by atoms with Gasteiger partial charge in [-0.25, -0.2) is 4.79 Å². The Labute approximate surface area is 185 Å². The predicted molar refractivity (Wildman–Crippen MR) is 124 cm³/mol. The van der Waals surface area contributed by atoms with Gasteiger partial charge in [0.2, 0.25) is 0 Å². The number of benzene rings is 3. The number of rotatable bonds is 7. The van der Waals surface area contributed by atoms with E-state index in [4.69, 9.17) is 9.15 Å². The smallest absolute Gasteiger partial charge is 0.343 e. The lowest BCUT2D eigenvalue weighted by Crippen LogP contribution is -2.17. The molecule has 0 bridgehead atoms. The molecule has 1 heterocycles. The van der Waals surface area contributed by atoms with Gasteiger partial charge in [-0.2, -0.15) is 0 Å². The number of carbonyl (C=O) groups is 1. The molecule has 0 spiro atoms. The van der Waals surface area contributed by atoms with Gasteiger partial charge in [-0.3, -0.25) is 4.79 Å². The number of aromatic hydroxyl groups is 1. The maximum absolute atomic E-state index is 12.9. The summed E-state index contributed by atoms with van der Waals surface area (Å²) in [6.45, 7) is 0. The van der Waals surface area contributed by atoms with Crippen LogP contribution in [-0.4, -0.2) is 18.0 Å². The molecule has 0 amide bonds. The fourth-order valence-electron chi connectivity index (χ4n) is 3.70. The van der Waals surface area contributed by atoms with Crippen LogP contribution in [0, 0.1) is 0 Å². The van der Waals surface area contributed by atoms with Crippen LogP contribution in [0.25, 0.3) is 17.0 Å². The van der Waals surface area contributed by atoms with E-state index in [-0.39, 0.29) is 23.5 Å². The molecule has 5 heteroatoms. The fraction of sp³-hybridized carbons (Fsp3) is 0.111. The van der Waals surface area contributed by atoms with E-state index in [1.54, 1.807) is 61.7 Å². The molecule has 0 saturated heterocycles. The third-order valence-corrected chi connectivity index (χ3v) is 5.35. The van der Waals surface area contributed by atoms with E-state index in [2.05, 4.69) is 0 Å². The lowest BCUT2D eigenvalue weighted by atomic mass is 9.86. The number of carbonyl (C=O) groups excluding carboxylic acids is 1. The van der Waals surface area contributed by atoms with Crippen molar-refractivity contribution >= 4 is 22.8 Å². The number of hydrogen-bond acceptors (Lipinski definition) is 5. The van der Waals surface area contributed by atoms with Crippen molar-refractivity contribution in [3.8, 4) is 11.5 Å². The van der Waals surface area contributed by atoms with E-state index in [1.807, 2.05) is 30.3 Å². The van der Waals surface area contributed by atoms with Crippen LogP contribution in [0.3, 0.4) is 0 Å². The number of hydrogen-bond donors (Lipinski definition) is 1. The molecule has 32 heavy (non-hydrogen) atoms. The Morgan fingerprint density at radius 2 is 1.69 bits per heavy atom. The Morgan fingerprint density at radius 3 is 2.41 bits per heavy atom. The van der Waals surface area contributed by atoms with Crippen LogP contribution in [0.1, 0.15) is 29.0 Å². The molecule has 1 unspecified atom stereocenters. The Kier molecular flexibility index (Phi) is 6.17. The van der Waals surface area contributed by atoms with Crippen LogP contribution in [0.5, 0.6) is 11.5 Å². The van der Waals surface area contributed by atoms with Crippen molar-refractivity contribution in [1.29, 1.82) is 0 Å². The minimum absolute atomic E-state index is 0.00762. The first-order valence-electron chi connectivity index (χ1n) is 10.2. The molecule has 1 atom stereocenters. The molecule has 160 valence electrons. The van der Waals surface area contributed by atoms with Crippen LogP contribution < -0.4 is 10.4 Å². The Balaban J connectivity index is 1.76. The van der Waals surface area contributed by atoms with Crippen molar-refractivity contribution < 1.29 is 19.1 Å². The van der Waals surface area contributed by atoms with Crippen molar-refractivity contribution in [2.24, 2.45) is 0 Å². The summed E-state index contributed by atoms with van der Waals surface area (Å²) in [5.74, 6) is -0.383. The SMILES string of the molecule is COc1ccc(C(CC(=O)/C=C/c2ccccc2)c2c(O)c3ccccc3oc2=O)cc1. The van der Waals surface area contributed by atoms with Crippen molar-refractivity contribution in [1.82, 2.24) is 0 Å². The lowest BCUT2D eigenvalue weighted by Gasteiger charge is -2.18. The normalized spacial score (nSPS) is 12.2. The second-order valence-electron chi connectivity index (χ2n) is 7.39. The minimum Gasteiger partial charge on any atom is -0.507 e. The van der Waals surface area contributed by atoms with E-state index in [1.165, 1.54) is 6.08 Å². The molecule has 3 aromatic carbocycles. The van der Waals surface area contributed by atoms with Crippen LogP contribution in [0.15, 0.2) is 94.2 Å². The molecule has 5 nitrogen and oxygen atoms in total. The van der Waals surface area contributed by atoms with Gasteiger partial charge >= 0.3 is 5.63 Å². The zero-order chi connectivity index (χ0) is 22.5. The molecule has 4 rings (SSSR count). The van der Waals surface area contributed by atoms with E-state index >= 15 is 0 Å². The van der Waals surface area contributed by atoms with E-state index in [0.717, 1.165) is 5.56 Å². The molecule has 1 N–H and O–H groups in total. The first-order valence-corrected chi connectivity index (χ1v) is 10.2. The highest BCUT2D eigenvalue weighted by Gasteiger charge is 2.26. The fourth-order valence-corrected chi connectivity index (χ4v) is 3.70. The quantitative estimate of drug-likeness (QED) is 0.320. The summed E-state index contributed by atoms with van der Waals surface area (Å²) in [5.41, 5.74) is 1.29. The molecule has 4 aromatic rings.